The average Bonchev–Trinajstić information content (AvgIpc) is 2.63. The normalized spacial score (nSPS) is 21.5. The highest BCUT2D eigenvalue weighted by atomic mass is 15.2. The van der Waals surface area contributed by atoms with Gasteiger partial charge in [0.2, 0.25) is 0 Å². The molecule has 0 saturated heterocycles. The third kappa shape index (κ3) is 4.43. The molecule has 2 atom stereocenters. The minimum absolute atomic E-state index is 0.606. The molecule has 2 aromatic rings. The highest BCUT2D eigenvalue weighted by Crippen LogP contribution is 2.30. The van der Waals surface area contributed by atoms with E-state index in [-0.39, 0.29) is 0 Å². The molecule has 0 aromatic heterocycles. The number of rotatable bonds is 6. The lowest BCUT2D eigenvalue weighted by molar-refractivity contribution is 0.0925. The molecule has 2 unspecified atom stereocenters. The predicted molar refractivity (Wildman–Crippen MR) is 96.9 cm³/mol. The molecule has 0 aliphatic heterocycles. The van der Waals surface area contributed by atoms with Crippen molar-refractivity contribution in [2.75, 3.05) is 6.54 Å². The maximum absolute atomic E-state index is 6.09. The van der Waals surface area contributed by atoms with Gasteiger partial charge < -0.3 is 5.73 Å². The summed E-state index contributed by atoms with van der Waals surface area (Å²) in [7, 11) is 0. The molecule has 1 fully saturated rings. The van der Waals surface area contributed by atoms with Gasteiger partial charge in [-0.05, 0) is 36.4 Å². The van der Waals surface area contributed by atoms with Crippen LogP contribution in [0.1, 0.15) is 36.8 Å². The Morgan fingerprint density at radius 2 is 1.30 bits per heavy atom. The van der Waals surface area contributed by atoms with Crippen LogP contribution in [-0.4, -0.2) is 17.5 Å². The van der Waals surface area contributed by atoms with E-state index in [9.17, 15) is 0 Å². The van der Waals surface area contributed by atoms with Crippen molar-refractivity contribution in [3.05, 3.63) is 71.8 Å². The Morgan fingerprint density at radius 3 is 1.83 bits per heavy atom. The van der Waals surface area contributed by atoms with Gasteiger partial charge in [0.15, 0.2) is 0 Å². The van der Waals surface area contributed by atoms with Crippen LogP contribution in [-0.2, 0) is 13.1 Å². The molecule has 0 heterocycles. The Labute approximate surface area is 140 Å². The number of nitrogens with two attached hydrogens (primary N) is 1. The molecule has 0 amide bonds. The summed E-state index contributed by atoms with van der Waals surface area (Å²) < 4.78 is 0. The van der Waals surface area contributed by atoms with Crippen LogP contribution in [0.25, 0.3) is 0 Å². The summed E-state index contributed by atoms with van der Waals surface area (Å²) in [5.41, 5.74) is 8.88. The van der Waals surface area contributed by atoms with Crippen LogP contribution in [0.5, 0.6) is 0 Å². The van der Waals surface area contributed by atoms with Crippen LogP contribution >= 0.6 is 0 Å². The van der Waals surface area contributed by atoms with Crippen LogP contribution < -0.4 is 5.73 Å². The summed E-state index contributed by atoms with van der Waals surface area (Å²) in [6.45, 7) is 2.83. The zero-order valence-corrected chi connectivity index (χ0v) is 13.9. The molecule has 122 valence electrons. The van der Waals surface area contributed by atoms with E-state index in [4.69, 9.17) is 5.73 Å². The van der Waals surface area contributed by atoms with Gasteiger partial charge in [0.25, 0.3) is 0 Å². The average molecular weight is 308 g/mol. The molecule has 2 aromatic carbocycles. The van der Waals surface area contributed by atoms with Crippen molar-refractivity contribution >= 4 is 0 Å². The lowest BCUT2D eigenvalue weighted by Gasteiger charge is -2.40. The van der Waals surface area contributed by atoms with Gasteiger partial charge in [-0.1, -0.05) is 73.5 Å². The Kier molecular flexibility index (Phi) is 5.84. The number of hydrogen-bond acceptors (Lipinski definition) is 2. The third-order valence-electron chi connectivity index (χ3n) is 5.10. The number of nitrogens with zero attached hydrogens (tertiary/aromatic N) is 1. The van der Waals surface area contributed by atoms with Crippen molar-refractivity contribution in [2.45, 2.75) is 44.8 Å². The van der Waals surface area contributed by atoms with Crippen molar-refractivity contribution in [1.82, 2.24) is 4.90 Å². The van der Waals surface area contributed by atoms with Gasteiger partial charge in [0.1, 0.15) is 0 Å². The molecule has 1 aliphatic carbocycles. The molecule has 2 nitrogen and oxygen atoms in total. The Bertz CT molecular complexity index is 525. The summed E-state index contributed by atoms with van der Waals surface area (Å²) in [6.07, 6.45) is 5.23. The van der Waals surface area contributed by atoms with Crippen LogP contribution in [0.4, 0.5) is 0 Å². The van der Waals surface area contributed by atoms with E-state index in [0.29, 0.717) is 12.0 Å². The third-order valence-corrected chi connectivity index (χ3v) is 5.10. The first-order chi connectivity index (χ1) is 11.4. The molecule has 3 rings (SSSR count). The predicted octanol–water partition coefficient (Wildman–Crippen LogP) is 4.21. The van der Waals surface area contributed by atoms with Crippen molar-refractivity contribution in [2.24, 2.45) is 11.7 Å². The minimum atomic E-state index is 0.606. The summed E-state index contributed by atoms with van der Waals surface area (Å²) >= 11 is 0. The van der Waals surface area contributed by atoms with Crippen LogP contribution in [0.2, 0.25) is 0 Å². The van der Waals surface area contributed by atoms with Crippen molar-refractivity contribution in [3.63, 3.8) is 0 Å². The van der Waals surface area contributed by atoms with Crippen molar-refractivity contribution < 1.29 is 0 Å². The monoisotopic (exact) mass is 308 g/mol. The van der Waals surface area contributed by atoms with E-state index in [0.717, 1.165) is 19.6 Å². The fourth-order valence-corrected chi connectivity index (χ4v) is 3.87. The zero-order chi connectivity index (χ0) is 15.9. The minimum Gasteiger partial charge on any atom is -0.330 e. The van der Waals surface area contributed by atoms with E-state index in [1.165, 1.54) is 36.8 Å². The Hall–Kier alpha value is -1.64. The molecule has 1 saturated carbocycles. The molecule has 23 heavy (non-hydrogen) atoms. The largest absolute Gasteiger partial charge is 0.330 e. The first kappa shape index (κ1) is 16.2. The van der Waals surface area contributed by atoms with Crippen molar-refractivity contribution in [1.29, 1.82) is 0 Å². The van der Waals surface area contributed by atoms with Crippen LogP contribution in [0, 0.1) is 5.92 Å². The quantitative estimate of drug-likeness (QED) is 0.866. The first-order valence-corrected chi connectivity index (χ1v) is 8.89. The number of hydrogen-bond donors (Lipinski definition) is 1. The second-order valence-corrected chi connectivity index (χ2v) is 6.72. The Morgan fingerprint density at radius 1 is 0.783 bits per heavy atom. The molecule has 2 heteroatoms. The van der Waals surface area contributed by atoms with Gasteiger partial charge >= 0.3 is 0 Å². The van der Waals surface area contributed by atoms with E-state index < -0.39 is 0 Å². The molecule has 0 bridgehead atoms. The first-order valence-electron chi connectivity index (χ1n) is 8.89. The number of benzene rings is 2. The maximum Gasteiger partial charge on any atom is 0.0240 e. The lowest BCUT2D eigenvalue weighted by Crippen LogP contribution is -2.44. The maximum atomic E-state index is 6.09. The molecule has 2 N–H and O–H groups in total. The summed E-state index contributed by atoms with van der Waals surface area (Å²) in [5.74, 6) is 0.635. The highest BCUT2D eigenvalue weighted by Gasteiger charge is 2.29. The van der Waals surface area contributed by atoms with Crippen molar-refractivity contribution in [3.8, 4) is 0 Å². The lowest BCUT2D eigenvalue weighted by atomic mass is 9.83. The molecular formula is C21H28N2. The molecule has 0 spiro atoms. The van der Waals surface area contributed by atoms with Crippen LogP contribution in [0.15, 0.2) is 60.7 Å². The van der Waals surface area contributed by atoms with Crippen LogP contribution in [0.3, 0.4) is 0 Å². The van der Waals surface area contributed by atoms with Gasteiger partial charge in [-0.3, -0.25) is 4.90 Å². The fraction of sp³-hybridized carbons (Fsp3) is 0.429. The van der Waals surface area contributed by atoms with E-state index in [2.05, 4.69) is 65.6 Å². The van der Waals surface area contributed by atoms with Gasteiger partial charge in [0, 0.05) is 19.1 Å². The molecule has 1 aliphatic rings. The molecular weight excluding hydrogens is 280 g/mol. The summed E-state index contributed by atoms with van der Waals surface area (Å²) in [6, 6.07) is 22.3. The Balaban J connectivity index is 1.80. The van der Waals surface area contributed by atoms with Gasteiger partial charge in [-0.2, -0.15) is 0 Å². The zero-order valence-electron chi connectivity index (χ0n) is 13.9. The van der Waals surface area contributed by atoms with E-state index >= 15 is 0 Å². The van der Waals surface area contributed by atoms with E-state index in [1.54, 1.807) is 0 Å². The summed E-state index contributed by atoms with van der Waals surface area (Å²) in [5, 5.41) is 0. The topological polar surface area (TPSA) is 29.3 Å². The van der Waals surface area contributed by atoms with Gasteiger partial charge in [-0.15, -0.1) is 0 Å². The van der Waals surface area contributed by atoms with E-state index in [1.807, 2.05) is 0 Å². The SMILES string of the molecule is NCC1CCCCC1N(Cc1ccccc1)Cc1ccccc1. The smallest absolute Gasteiger partial charge is 0.0240 e. The van der Waals surface area contributed by atoms with Gasteiger partial charge in [-0.25, -0.2) is 0 Å². The second kappa shape index (κ2) is 8.28. The summed E-state index contributed by atoms with van der Waals surface area (Å²) in [4.78, 5) is 2.65. The highest BCUT2D eigenvalue weighted by molar-refractivity contribution is 5.17. The second-order valence-electron chi connectivity index (χ2n) is 6.72. The molecule has 0 radical (unpaired) electrons. The van der Waals surface area contributed by atoms with Gasteiger partial charge in [0.05, 0.1) is 0 Å². The standard InChI is InChI=1S/C21H28N2/c22-15-20-13-7-8-14-21(20)23(16-18-9-3-1-4-10-18)17-19-11-5-2-6-12-19/h1-6,9-12,20-21H,7-8,13-17,22H2. The fourth-order valence-electron chi connectivity index (χ4n) is 3.87.